The summed E-state index contributed by atoms with van der Waals surface area (Å²) in [6.07, 6.45) is 0.174. The number of alkyl halides is 2. The number of benzene rings is 1. The normalized spacial score (nSPS) is 11.8. The lowest BCUT2D eigenvalue weighted by Gasteiger charge is -2.23. The highest BCUT2D eigenvalue weighted by Crippen LogP contribution is 2.16. The minimum absolute atomic E-state index is 0.174. The number of nitrogens with one attached hydrogen (secondary N) is 1. The molecule has 0 aliphatic heterocycles. The van der Waals surface area contributed by atoms with Crippen LogP contribution in [0.25, 0.3) is 0 Å². The molecule has 1 amide bonds. The first-order valence-electron chi connectivity index (χ1n) is 6.91. The van der Waals surface area contributed by atoms with Crippen LogP contribution in [0.15, 0.2) is 24.3 Å². The Morgan fingerprint density at radius 2 is 1.73 bits per heavy atom. The van der Waals surface area contributed by atoms with Gasteiger partial charge in [-0.05, 0) is 24.1 Å². The summed E-state index contributed by atoms with van der Waals surface area (Å²) < 4.78 is 0. The maximum atomic E-state index is 11.0. The van der Waals surface area contributed by atoms with E-state index in [1.165, 1.54) is 6.92 Å². The number of aliphatic carboxylic acids is 1. The van der Waals surface area contributed by atoms with Crippen LogP contribution in [0.2, 0.25) is 0 Å². The molecule has 0 aliphatic rings. The monoisotopic (exact) mass is 345 g/mol. The van der Waals surface area contributed by atoms with Gasteiger partial charge in [0.2, 0.25) is 5.91 Å². The Kier molecular flexibility index (Phi) is 8.06. The third-order valence-corrected chi connectivity index (χ3v) is 3.45. The Labute approximate surface area is 140 Å². The average Bonchev–Trinajstić information content (AvgIpc) is 2.46. The van der Waals surface area contributed by atoms with E-state index in [0.717, 1.165) is 11.3 Å². The molecule has 0 bridgehead atoms. The van der Waals surface area contributed by atoms with E-state index in [2.05, 4.69) is 5.32 Å². The number of nitrogens with zero attached hydrogens (tertiary/aromatic N) is 1. The van der Waals surface area contributed by atoms with E-state index < -0.39 is 17.9 Å². The molecule has 1 aromatic rings. The second-order valence-electron chi connectivity index (χ2n) is 4.81. The number of carbonyl (C=O) groups excluding carboxylic acids is 2. The topological polar surface area (TPSA) is 72.5 Å². The Morgan fingerprint density at radius 3 is 2.14 bits per heavy atom. The van der Waals surface area contributed by atoms with Crippen molar-refractivity contribution < 1.29 is 14.7 Å². The summed E-state index contributed by atoms with van der Waals surface area (Å²) in [4.78, 5) is 24.1. The molecule has 1 atom stereocenters. The smallest absolute Gasteiger partial charge is 0.217 e. The number of carboxylic acid groups (broad SMARTS) is 1. The van der Waals surface area contributed by atoms with Gasteiger partial charge < -0.3 is 20.1 Å². The Morgan fingerprint density at radius 1 is 1.18 bits per heavy atom. The van der Waals surface area contributed by atoms with Crippen molar-refractivity contribution in [2.24, 2.45) is 0 Å². The van der Waals surface area contributed by atoms with Crippen LogP contribution in [0.5, 0.6) is 0 Å². The van der Waals surface area contributed by atoms with E-state index in [0.29, 0.717) is 24.8 Å². The van der Waals surface area contributed by atoms with Gasteiger partial charge in [-0.25, -0.2) is 0 Å². The zero-order chi connectivity index (χ0) is 16.5. The molecule has 0 saturated heterocycles. The molecule has 0 spiro atoms. The Balaban J connectivity index is 2.78. The molecule has 1 N–H and O–H groups in total. The third kappa shape index (κ3) is 6.12. The van der Waals surface area contributed by atoms with Crippen molar-refractivity contribution in [1.82, 2.24) is 5.32 Å². The largest absolute Gasteiger partial charge is 0.548 e. The van der Waals surface area contributed by atoms with Gasteiger partial charge in [-0.3, -0.25) is 4.79 Å². The average molecular weight is 346 g/mol. The molecule has 5 nitrogen and oxygen atoms in total. The maximum absolute atomic E-state index is 11.0. The van der Waals surface area contributed by atoms with Crippen molar-refractivity contribution in [1.29, 1.82) is 0 Å². The summed E-state index contributed by atoms with van der Waals surface area (Å²) >= 11 is 11.5. The molecule has 0 unspecified atom stereocenters. The zero-order valence-electron chi connectivity index (χ0n) is 12.4. The van der Waals surface area contributed by atoms with Gasteiger partial charge in [-0.15, -0.1) is 23.2 Å². The van der Waals surface area contributed by atoms with Crippen molar-refractivity contribution in [3.05, 3.63) is 29.8 Å². The highest BCUT2D eigenvalue weighted by molar-refractivity contribution is 6.18. The molecular formula is C15H19Cl2N2O3-. The SMILES string of the molecule is CC(=O)N[C@H](Cc1ccc(N(CCCl)CCCl)cc1)C(=O)[O-]. The van der Waals surface area contributed by atoms with Crippen molar-refractivity contribution in [2.45, 2.75) is 19.4 Å². The van der Waals surface area contributed by atoms with Gasteiger partial charge in [0.25, 0.3) is 0 Å². The van der Waals surface area contributed by atoms with Crippen molar-refractivity contribution in [3.63, 3.8) is 0 Å². The Bertz CT molecular complexity index is 488. The number of carboxylic acids is 1. The first-order chi connectivity index (χ1) is 10.5. The number of carbonyl (C=O) groups is 2. The van der Waals surface area contributed by atoms with E-state index in [9.17, 15) is 14.7 Å². The minimum atomic E-state index is -1.30. The number of anilines is 1. The van der Waals surface area contributed by atoms with Crippen LogP contribution in [-0.2, 0) is 16.0 Å². The fourth-order valence-corrected chi connectivity index (χ4v) is 2.50. The van der Waals surface area contributed by atoms with Crippen LogP contribution in [0.3, 0.4) is 0 Å². The number of hydrogen-bond acceptors (Lipinski definition) is 4. The molecule has 0 fully saturated rings. The summed E-state index contributed by atoms with van der Waals surface area (Å²) in [7, 11) is 0. The standard InChI is InChI=1S/C15H20Cl2N2O3/c1-11(20)18-14(15(21)22)10-12-2-4-13(5-3-12)19(8-6-16)9-7-17/h2-5,14H,6-10H2,1H3,(H,18,20)(H,21,22)/p-1/t14-/m1/s1. The number of halogens is 2. The first kappa shape index (κ1) is 18.6. The first-order valence-corrected chi connectivity index (χ1v) is 7.98. The molecule has 0 radical (unpaired) electrons. The molecule has 0 aliphatic carbocycles. The van der Waals surface area contributed by atoms with Gasteiger partial charge >= 0.3 is 0 Å². The van der Waals surface area contributed by atoms with Gasteiger partial charge in [0.15, 0.2) is 0 Å². The van der Waals surface area contributed by atoms with Gasteiger partial charge in [-0.2, -0.15) is 0 Å². The summed E-state index contributed by atoms with van der Waals surface area (Å²) in [6.45, 7) is 2.64. The fourth-order valence-electron chi connectivity index (χ4n) is 2.09. The Hall–Kier alpha value is -1.46. The third-order valence-electron chi connectivity index (χ3n) is 3.11. The van der Waals surface area contributed by atoms with Crippen molar-refractivity contribution in [2.75, 3.05) is 29.7 Å². The molecule has 0 saturated carbocycles. The highest BCUT2D eigenvalue weighted by Gasteiger charge is 2.12. The zero-order valence-corrected chi connectivity index (χ0v) is 13.9. The molecule has 1 aromatic carbocycles. The predicted octanol–water partition coefficient (Wildman–Crippen LogP) is 0.768. The molecule has 122 valence electrons. The van der Waals surface area contributed by atoms with Crippen LogP contribution in [0.1, 0.15) is 12.5 Å². The summed E-state index contributed by atoms with van der Waals surface area (Å²) in [5.41, 5.74) is 1.76. The number of amides is 1. The second kappa shape index (κ2) is 9.54. The van der Waals surface area contributed by atoms with Crippen LogP contribution >= 0.6 is 23.2 Å². The van der Waals surface area contributed by atoms with E-state index in [-0.39, 0.29) is 6.42 Å². The molecule has 7 heteroatoms. The summed E-state index contributed by atoms with van der Waals surface area (Å²) in [5.74, 6) is -0.714. The highest BCUT2D eigenvalue weighted by atomic mass is 35.5. The van der Waals surface area contributed by atoms with E-state index in [4.69, 9.17) is 23.2 Å². The van der Waals surface area contributed by atoms with Crippen LogP contribution in [0, 0.1) is 0 Å². The predicted molar refractivity (Wildman–Crippen MR) is 86.4 cm³/mol. The fraction of sp³-hybridized carbons (Fsp3) is 0.467. The van der Waals surface area contributed by atoms with Gasteiger partial charge in [0.1, 0.15) is 0 Å². The lowest BCUT2D eigenvalue weighted by Crippen LogP contribution is -2.48. The number of hydrogen-bond donors (Lipinski definition) is 1. The molecule has 22 heavy (non-hydrogen) atoms. The maximum Gasteiger partial charge on any atom is 0.217 e. The summed E-state index contributed by atoms with van der Waals surface area (Å²) in [6, 6.07) is 6.37. The lowest BCUT2D eigenvalue weighted by molar-refractivity contribution is -0.308. The second-order valence-corrected chi connectivity index (χ2v) is 5.56. The molecule has 0 heterocycles. The van der Waals surface area contributed by atoms with Gasteiger partial charge in [-0.1, -0.05) is 12.1 Å². The lowest BCUT2D eigenvalue weighted by atomic mass is 10.1. The minimum Gasteiger partial charge on any atom is -0.548 e. The van der Waals surface area contributed by atoms with Gasteiger partial charge in [0.05, 0.1) is 12.0 Å². The summed E-state index contributed by atoms with van der Waals surface area (Å²) in [5, 5.41) is 13.4. The van der Waals surface area contributed by atoms with Gasteiger partial charge in [0, 0.05) is 37.5 Å². The molecule has 0 aromatic heterocycles. The number of rotatable bonds is 9. The van der Waals surface area contributed by atoms with Crippen LogP contribution < -0.4 is 15.3 Å². The quantitative estimate of drug-likeness (QED) is 0.671. The molecular weight excluding hydrogens is 327 g/mol. The van der Waals surface area contributed by atoms with E-state index in [1.54, 1.807) is 0 Å². The molecule has 1 rings (SSSR count). The van der Waals surface area contributed by atoms with Crippen molar-refractivity contribution >= 4 is 40.8 Å². The van der Waals surface area contributed by atoms with Crippen LogP contribution in [-0.4, -0.2) is 42.8 Å². The van der Waals surface area contributed by atoms with E-state index >= 15 is 0 Å². The van der Waals surface area contributed by atoms with Crippen LogP contribution in [0.4, 0.5) is 5.69 Å². The van der Waals surface area contributed by atoms with Crippen molar-refractivity contribution in [3.8, 4) is 0 Å². The van der Waals surface area contributed by atoms with E-state index in [1.807, 2.05) is 29.2 Å².